The van der Waals surface area contributed by atoms with Crippen LogP contribution < -0.4 is 0 Å². The molecule has 1 fully saturated rings. The van der Waals surface area contributed by atoms with Crippen LogP contribution in [0.15, 0.2) is 36.5 Å². The molecule has 0 amide bonds. The maximum Gasteiger partial charge on any atom is 0.472 e. The molecular weight excluding hydrogens is 814 g/mol. The average Bonchev–Trinajstić information content (AvgIpc) is 3.96. The van der Waals surface area contributed by atoms with Crippen molar-refractivity contribution in [1.82, 2.24) is 0 Å². The molecule has 1 aliphatic heterocycles. The molecule has 3 unspecified atom stereocenters. The van der Waals surface area contributed by atoms with Gasteiger partial charge in [0.1, 0.15) is 12.7 Å². The van der Waals surface area contributed by atoms with E-state index in [-0.39, 0.29) is 12.8 Å². The van der Waals surface area contributed by atoms with Gasteiger partial charge in [-0.3, -0.25) is 23.2 Å². The maximum atomic E-state index is 12.7. The van der Waals surface area contributed by atoms with Gasteiger partial charge in [-0.15, -0.1) is 0 Å². The molecule has 0 aliphatic carbocycles. The normalized spacial score (nSPS) is 17.7. The van der Waals surface area contributed by atoms with E-state index in [0.29, 0.717) is 31.5 Å². The van der Waals surface area contributed by atoms with Crippen LogP contribution in [0.1, 0.15) is 181 Å². The predicted molar refractivity (Wildman–Crippen MR) is 234 cm³/mol. The largest absolute Gasteiger partial charge is 0.472 e. The van der Waals surface area contributed by atoms with Crippen molar-refractivity contribution in [1.29, 1.82) is 0 Å². The summed E-state index contributed by atoms with van der Waals surface area (Å²) in [5.41, 5.74) is 0. The van der Waals surface area contributed by atoms with Crippen LogP contribution in [0, 0.1) is 0 Å². The third-order valence-corrected chi connectivity index (χ3v) is 11.4. The third-order valence-electron chi connectivity index (χ3n) is 9.92. The summed E-state index contributed by atoms with van der Waals surface area (Å²) in [4.78, 5) is 52.7. The Hall–Kier alpha value is -1.70. The smallest absolute Gasteiger partial charge is 0.462 e. The lowest BCUT2D eigenvalue weighted by Crippen LogP contribution is -2.30. The molecule has 0 radical (unpaired) electrons. The van der Waals surface area contributed by atoms with Gasteiger partial charge in [-0.1, -0.05) is 153 Å². The van der Waals surface area contributed by atoms with E-state index in [0.717, 1.165) is 44.9 Å². The van der Waals surface area contributed by atoms with Gasteiger partial charge in [-0.2, -0.15) is 0 Å². The van der Waals surface area contributed by atoms with Crippen LogP contribution in [0.4, 0.5) is 0 Å². The highest BCUT2D eigenvalue weighted by atomic mass is 31.2. The second-order valence-corrected chi connectivity index (χ2v) is 18.4. The molecule has 1 aliphatic rings. The number of rotatable bonds is 42. The number of phosphoric ester groups is 2. The first kappa shape index (κ1) is 56.3. The number of epoxide rings is 1. The number of esters is 2. The summed E-state index contributed by atoms with van der Waals surface area (Å²) in [6.07, 6.45) is 37.4. The molecule has 4 N–H and O–H groups in total. The first-order valence-corrected chi connectivity index (χ1v) is 25.8. The fourth-order valence-corrected chi connectivity index (χ4v) is 7.48. The SMILES string of the molecule is CCCCC/C=C\CC1OC1C/C=C\C/C=C\CCCC(=O)OC[C@H](COP(=O)(O)OC[C@@H](O)COP(=O)(O)O)OC(=O)CCCCCCCCCCCCCCCCC. The molecule has 14 nitrogen and oxygen atoms in total. The lowest BCUT2D eigenvalue weighted by Gasteiger charge is -2.20. The number of carbonyl (C=O) groups is 2. The van der Waals surface area contributed by atoms with Gasteiger partial charge in [0.25, 0.3) is 0 Å². The quantitative estimate of drug-likeness (QED) is 0.0148. The number of ether oxygens (including phenoxy) is 3. The highest BCUT2D eigenvalue weighted by Crippen LogP contribution is 2.44. The second-order valence-electron chi connectivity index (χ2n) is 15.7. The summed E-state index contributed by atoms with van der Waals surface area (Å²) >= 11 is 0. The molecule has 16 heteroatoms. The minimum absolute atomic E-state index is 0.116. The minimum atomic E-state index is -4.87. The van der Waals surface area contributed by atoms with E-state index in [9.17, 15) is 28.7 Å². The van der Waals surface area contributed by atoms with E-state index in [4.69, 9.17) is 28.5 Å². The number of aliphatic hydroxyl groups excluding tert-OH is 1. The second kappa shape index (κ2) is 36.8. The Morgan fingerprint density at radius 3 is 1.63 bits per heavy atom. The molecule has 0 bridgehead atoms. The molecule has 1 saturated heterocycles. The van der Waals surface area contributed by atoms with E-state index in [2.05, 4.69) is 47.2 Å². The van der Waals surface area contributed by atoms with Gasteiger partial charge >= 0.3 is 27.6 Å². The molecule has 0 spiro atoms. The summed E-state index contributed by atoms with van der Waals surface area (Å²) in [6, 6.07) is 0. The van der Waals surface area contributed by atoms with Crippen molar-refractivity contribution in [3.8, 4) is 0 Å². The summed E-state index contributed by atoms with van der Waals surface area (Å²) < 4.78 is 53.5. The first-order valence-electron chi connectivity index (χ1n) is 22.8. The first-order chi connectivity index (χ1) is 28.8. The van der Waals surface area contributed by atoms with E-state index in [1.54, 1.807) is 0 Å². The third kappa shape index (κ3) is 36.9. The van der Waals surface area contributed by atoms with Crippen molar-refractivity contribution < 1.29 is 66.3 Å². The predicted octanol–water partition coefficient (Wildman–Crippen LogP) is 10.7. The highest BCUT2D eigenvalue weighted by molar-refractivity contribution is 7.47. The number of carbonyl (C=O) groups excluding carboxylic acids is 2. The molecule has 0 aromatic rings. The Labute approximate surface area is 361 Å². The molecule has 0 aromatic heterocycles. The van der Waals surface area contributed by atoms with Gasteiger partial charge in [0, 0.05) is 12.8 Å². The van der Waals surface area contributed by atoms with Crippen molar-refractivity contribution in [3.05, 3.63) is 36.5 Å². The molecule has 60 heavy (non-hydrogen) atoms. The molecule has 350 valence electrons. The van der Waals surface area contributed by atoms with Crippen LogP contribution in [0.25, 0.3) is 0 Å². The van der Waals surface area contributed by atoms with Gasteiger partial charge in [0.15, 0.2) is 6.10 Å². The summed E-state index contributed by atoms with van der Waals surface area (Å²) in [5, 5.41) is 9.75. The lowest BCUT2D eigenvalue weighted by atomic mass is 10.0. The van der Waals surface area contributed by atoms with Crippen LogP contribution in [0.2, 0.25) is 0 Å². The molecule has 0 aromatic carbocycles. The number of unbranched alkanes of at least 4 members (excludes halogenated alkanes) is 18. The van der Waals surface area contributed by atoms with Gasteiger partial charge in [0.2, 0.25) is 0 Å². The van der Waals surface area contributed by atoms with Crippen LogP contribution in [0.3, 0.4) is 0 Å². The van der Waals surface area contributed by atoms with Crippen molar-refractivity contribution in [2.24, 2.45) is 0 Å². The summed E-state index contributed by atoms with van der Waals surface area (Å²) in [6.45, 7) is 1.68. The van der Waals surface area contributed by atoms with Gasteiger partial charge < -0.3 is 34.0 Å². The average molecular weight is 895 g/mol. The monoisotopic (exact) mass is 895 g/mol. The van der Waals surface area contributed by atoms with Gasteiger partial charge in [-0.25, -0.2) is 9.13 Å². The minimum Gasteiger partial charge on any atom is -0.462 e. The Bertz CT molecular complexity index is 1270. The zero-order chi connectivity index (χ0) is 44.2. The molecule has 1 rings (SSSR count). The van der Waals surface area contributed by atoms with Gasteiger partial charge in [0.05, 0.1) is 32.0 Å². The highest BCUT2D eigenvalue weighted by Gasteiger charge is 2.36. The Morgan fingerprint density at radius 2 is 1.03 bits per heavy atom. The standard InChI is InChI=1S/C44H80O14P2/c1-3-5-7-9-11-12-13-14-15-16-17-18-21-26-30-34-44(47)57-40(38-56-60(51,52)55-36-39(45)35-54-59(48,49)50)37-53-43(46)33-29-25-22-19-20-24-28-32-42-41(58-42)31-27-23-10-8-6-4-2/h19,22-24,27-28,39-42,45H,3-18,20-21,25-26,29-38H2,1-2H3,(H,51,52)(H2,48,49,50)/b22-19-,27-23-,28-24-/t39-,40+,41?,42?/m0/s1. The van der Waals surface area contributed by atoms with Crippen LogP contribution in [-0.4, -0.2) is 82.6 Å². The Balaban J connectivity index is 2.37. The molecular formula is C44H80O14P2. The van der Waals surface area contributed by atoms with Crippen LogP contribution >= 0.6 is 15.6 Å². The Kier molecular flexibility index (Phi) is 34.5. The van der Waals surface area contributed by atoms with E-state index in [1.807, 2.05) is 12.2 Å². The van der Waals surface area contributed by atoms with Crippen molar-refractivity contribution in [2.75, 3.05) is 26.4 Å². The van der Waals surface area contributed by atoms with E-state index in [1.165, 1.54) is 89.9 Å². The number of phosphoric acid groups is 2. The van der Waals surface area contributed by atoms with Crippen molar-refractivity contribution in [3.63, 3.8) is 0 Å². The number of allylic oxidation sites excluding steroid dienone is 4. The fourth-order valence-electron chi connectivity index (χ4n) is 6.32. The van der Waals surface area contributed by atoms with Crippen molar-refractivity contribution >= 4 is 27.6 Å². The maximum absolute atomic E-state index is 12.7. The number of hydrogen-bond acceptors (Lipinski definition) is 11. The molecule has 5 atom stereocenters. The van der Waals surface area contributed by atoms with E-state index < -0.39 is 66.2 Å². The molecule has 0 saturated carbocycles. The molecule has 1 heterocycles. The van der Waals surface area contributed by atoms with E-state index >= 15 is 0 Å². The topological polar surface area (TPSA) is 208 Å². The summed E-state index contributed by atoms with van der Waals surface area (Å²) in [7, 11) is -9.69. The van der Waals surface area contributed by atoms with Crippen LogP contribution in [-0.2, 0) is 46.5 Å². The summed E-state index contributed by atoms with van der Waals surface area (Å²) in [5.74, 6) is -1.10. The Morgan fingerprint density at radius 1 is 0.567 bits per heavy atom. The number of hydrogen-bond donors (Lipinski definition) is 4. The van der Waals surface area contributed by atoms with Gasteiger partial charge in [-0.05, 0) is 51.4 Å². The number of aliphatic hydroxyl groups is 1. The zero-order valence-electron chi connectivity index (χ0n) is 36.8. The lowest BCUT2D eigenvalue weighted by molar-refractivity contribution is -0.161. The zero-order valence-corrected chi connectivity index (χ0v) is 38.5. The van der Waals surface area contributed by atoms with Crippen molar-refractivity contribution in [2.45, 2.75) is 205 Å². The fraction of sp³-hybridized carbons (Fsp3) is 0.818. The van der Waals surface area contributed by atoms with Crippen LogP contribution in [0.5, 0.6) is 0 Å².